The van der Waals surface area contributed by atoms with Gasteiger partial charge in [0.15, 0.2) is 0 Å². The van der Waals surface area contributed by atoms with Gasteiger partial charge in [-0.05, 0) is 24.6 Å². The number of hydrogen-bond acceptors (Lipinski definition) is 2. The van der Waals surface area contributed by atoms with Gasteiger partial charge in [0.25, 0.3) is 0 Å². The van der Waals surface area contributed by atoms with Crippen LogP contribution >= 0.6 is 0 Å². The first kappa shape index (κ1) is 9.39. The molecule has 0 saturated heterocycles. The zero-order valence-electron chi connectivity index (χ0n) is 9.16. The van der Waals surface area contributed by atoms with Gasteiger partial charge in [-0.15, -0.1) is 0 Å². The molecule has 0 atom stereocenters. The van der Waals surface area contributed by atoms with Crippen molar-refractivity contribution in [3.63, 3.8) is 0 Å². The molecule has 82 valence electrons. The molecule has 4 heteroatoms. The fourth-order valence-electron chi connectivity index (χ4n) is 2.29. The maximum absolute atomic E-state index is 11.0. The normalized spacial score (nSPS) is 14.1. The molecule has 0 saturated carbocycles. The summed E-state index contributed by atoms with van der Waals surface area (Å²) in [6.07, 6.45) is 2.23. The van der Waals surface area contributed by atoms with Crippen molar-refractivity contribution < 1.29 is 4.79 Å². The van der Waals surface area contributed by atoms with E-state index in [1.54, 1.807) is 0 Å². The second-order valence-electron chi connectivity index (χ2n) is 4.17. The lowest BCUT2D eigenvalue weighted by Crippen LogP contribution is -2.05. The van der Waals surface area contributed by atoms with Gasteiger partial charge in [0.2, 0.25) is 5.91 Å². The largest absolute Gasteiger partial charge is 0.328 e. The van der Waals surface area contributed by atoms with Crippen LogP contribution in [0.2, 0.25) is 0 Å². The lowest BCUT2D eigenvalue weighted by atomic mass is 10.2. The first-order valence-electron chi connectivity index (χ1n) is 5.51. The van der Waals surface area contributed by atoms with Crippen LogP contribution in [0.4, 0.5) is 5.69 Å². The zero-order valence-corrected chi connectivity index (χ0v) is 9.16. The van der Waals surface area contributed by atoms with Gasteiger partial charge in [-0.2, -0.15) is 0 Å². The Balaban J connectivity index is 2.12. The van der Waals surface area contributed by atoms with Crippen LogP contribution in [-0.4, -0.2) is 15.5 Å². The molecule has 1 aliphatic rings. The van der Waals surface area contributed by atoms with Gasteiger partial charge in [-0.25, -0.2) is 4.98 Å². The minimum absolute atomic E-state index is 0.0412. The van der Waals surface area contributed by atoms with Crippen LogP contribution in [0.15, 0.2) is 18.2 Å². The van der Waals surface area contributed by atoms with Gasteiger partial charge < -0.3 is 9.88 Å². The van der Waals surface area contributed by atoms with E-state index in [9.17, 15) is 4.79 Å². The second kappa shape index (κ2) is 3.33. The molecule has 0 aliphatic carbocycles. The van der Waals surface area contributed by atoms with Crippen molar-refractivity contribution in [1.82, 2.24) is 9.55 Å². The van der Waals surface area contributed by atoms with Crippen molar-refractivity contribution in [1.29, 1.82) is 0 Å². The standard InChI is InChI=1S/C12H13N3O/c1-8(16)13-9-4-5-10-11(7-9)15-6-2-3-12(15)14-10/h4-5,7H,2-3,6H2,1H3,(H,13,16). The minimum atomic E-state index is -0.0412. The Kier molecular flexibility index (Phi) is 1.96. The predicted octanol–water partition coefficient (Wildman–Crippen LogP) is 1.94. The lowest BCUT2D eigenvalue weighted by Gasteiger charge is -2.03. The first-order valence-corrected chi connectivity index (χ1v) is 5.51. The zero-order chi connectivity index (χ0) is 11.1. The molecule has 0 fully saturated rings. The lowest BCUT2D eigenvalue weighted by molar-refractivity contribution is -0.114. The molecule has 0 radical (unpaired) electrons. The van der Waals surface area contributed by atoms with Crippen LogP contribution in [-0.2, 0) is 17.8 Å². The third-order valence-electron chi connectivity index (χ3n) is 2.93. The highest BCUT2D eigenvalue weighted by Gasteiger charge is 2.15. The van der Waals surface area contributed by atoms with Crippen LogP contribution in [0.3, 0.4) is 0 Å². The predicted molar refractivity (Wildman–Crippen MR) is 62.4 cm³/mol. The van der Waals surface area contributed by atoms with Crippen molar-refractivity contribution in [3.05, 3.63) is 24.0 Å². The molecule has 1 aliphatic heterocycles. The third kappa shape index (κ3) is 1.38. The fourth-order valence-corrected chi connectivity index (χ4v) is 2.29. The van der Waals surface area contributed by atoms with Crippen molar-refractivity contribution in [2.45, 2.75) is 26.3 Å². The van der Waals surface area contributed by atoms with E-state index in [4.69, 9.17) is 0 Å². The summed E-state index contributed by atoms with van der Waals surface area (Å²) < 4.78 is 2.24. The van der Waals surface area contributed by atoms with E-state index in [1.165, 1.54) is 13.3 Å². The summed E-state index contributed by atoms with van der Waals surface area (Å²) in [4.78, 5) is 15.6. The third-order valence-corrected chi connectivity index (χ3v) is 2.93. The van der Waals surface area contributed by atoms with E-state index in [0.29, 0.717) is 0 Å². The number of benzene rings is 1. The van der Waals surface area contributed by atoms with Crippen LogP contribution in [0.5, 0.6) is 0 Å². The summed E-state index contributed by atoms with van der Waals surface area (Å²) >= 11 is 0. The molecule has 2 aromatic rings. The average Bonchev–Trinajstić information content (AvgIpc) is 2.77. The number of aromatic nitrogens is 2. The maximum atomic E-state index is 11.0. The Morgan fingerprint density at radius 3 is 3.19 bits per heavy atom. The molecule has 3 rings (SSSR count). The fraction of sp³-hybridized carbons (Fsp3) is 0.333. The molecule has 2 heterocycles. The van der Waals surface area contributed by atoms with E-state index in [1.807, 2.05) is 18.2 Å². The summed E-state index contributed by atoms with van der Waals surface area (Å²) in [5.74, 6) is 1.12. The van der Waals surface area contributed by atoms with Crippen molar-refractivity contribution >= 4 is 22.6 Å². The number of carbonyl (C=O) groups is 1. The number of imidazole rings is 1. The van der Waals surface area contributed by atoms with Crippen molar-refractivity contribution in [3.8, 4) is 0 Å². The number of nitrogens with zero attached hydrogens (tertiary/aromatic N) is 2. The second-order valence-corrected chi connectivity index (χ2v) is 4.17. The molecule has 4 nitrogen and oxygen atoms in total. The Bertz CT molecular complexity index is 571. The average molecular weight is 215 g/mol. The van der Waals surface area contributed by atoms with Gasteiger partial charge >= 0.3 is 0 Å². The van der Waals surface area contributed by atoms with E-state index in [0.717, 1.165) is 35.5 Å². The van der Waals surface area contributed by atoms with Gasteiger partial charge in [-0.3, -0.25) is 4.79 Å². The summed E-state index contributed by atoms with van der Waals surface area (Å²) in [6.45, 7) is 2.56. The molecule has 0 spiro atoms. The number of hydrogen-bond donors (Lipinski definition) is 1. The smallest absolute Gasteiger partial charge is 0.221 e. The Hall–Kier alpha value is -1.84. The van der Waals surface area contributed by atoms with Crippen molar-refractivity contribution in [2.75, 3.05) is 5.32 Å². The van der Waals surface area contributed by atoms with Gasteiger partial charge in [-0.1, -0.05) is 0 Å². The van der Waals surface area contributed by atoms with E-state index in [-0.39, 0.29) is 5.91 Å². The van der Waals surface area contributed by atoms with E-state index < -0.39 is 0 Å². The molecule has 1 aromatic carbocycles. The molecule has 0 bridgehead atoms. The quantitative estimate of drug-likeness (QED) is 0.790. The number of rotatable bonds is 1. The van der Waals surface area contributed by atoms with Gasteiger partial charge in [0, 0.05) is 25.6 Å². The maximum Gasteiger partial charge on any atom is 0.221 e. The monoisotopic (exact) mass is 215 g/mol. The Labute approximate surface area is 93.3 Å². The number of fused-ring (bicyclic) bond motifs is 3. The van der Waals surface area contributed by atoms with Crippen LogP contribution in [0.1, 0.15) is 19.2 Å². The molecular formula is C12H13N3O. The summed E-state index contributed by atoms with van der Waals surface area (Å²) in [5, 5.41) is 2.80. The number of amides is 1. The molecular weight excluding hydrogens is 202 g/mol. The Morgan fingerprint density at radius 1 is 1.50 bits per heavy atom. The summed E-state index contributed by atoms with van der Waals surface area (Å²) in [7, 11) is 0. The molecule has 16 heavy (non-hydrogen) atoms. The summed E-state index contributed by atoms with van der Waals surface area (Å²) in [5.41, 5.74) is 2.98. The van der Waals surface area contributed by atoms with Crippen molar-refractivity contribution in [2.24, 2.45) is 0 Å². The highest BCUT2D eigenvalue weighted by Crippen LogP contribution is 2.25. The molecule has 1 aromatic heterocycles. The minimum Gasteiger partial charge on any atom is -0.328 e. The molecule has 1 N–H and O–H groups in total. The molecule has 1 amide bonds. The highest BCUT2D eigenvalue weighted by molar-refractivity contribution is 5.91. The first-order chi connectivity index (χ1) is 7.74. The van der Waals surface area contributed by atoms with Crippen LogP contribution < -0.4 is 5.32 Å². The van der Waals surface area contributed by atoms with Gasteiger partial charge in [0.1, 0.15) is 5.82 Å². The Morgan fingerprint density at radius 2 is 2.38 bits per heavy atom. The summed E-state index contributed by atoms with van der Waals surface area (Å²) in [6, 6.07) is 5.86. The molecule has 0 unspecified atom stereocenters. The topological polar surface area (TPSA) is 46.9 Å². The SMILES string of the molecule is CC(=O)Nc1ccc2nc3n(c2c1)CCC3. The number of nitrogens with one attached hydrogen (secondary N) is 1. The number of carbonyl (C=O) groups excluding carboxylic acids is 1. The number of anilines is 1. The number of aryl methyl sites for hydroxylation is 2. The van der Waals surface area contributed by atoms with Crippen LogP contribution in [0, 0.1) is 0 Å². The van der Waals surface area contributed by atoms with Gasteiger partial charge in [0.05, 0.1) is 11.0 Å². The van der Waals surface area contributed by atoms with Crippen LogP contribution in [0.25, 0.3) is 11.0 Å². The highest BCUT2D eigenvalue weighted by atomic mass is 16.1. The van der Waals surface area contributed by atoms with E-state index >= 15 is 0 Å². The van der Waals surface area contributed by atoms with E-state index in [2.05, 4.69) is 14.9 Å².